The van der Waals surface area contributed by atoms with Gasteiger partial charge in [-0.15, -0.1) is 0 Å². The Hall–Kier alpha value is -1.61. The molecular formula is C16H23N3. The molecule has 3 heteroatoms. The zero-order valence-corrected chi connectivity index (χ0v) is 12.3. The molecule has 0 amide bonds. The molecule has 2 rings (SSSR count). The summed E-state index contributed by atoms with van der Waals surface area (Å²) in [5, 5.41) is 7.90. The van der Waals surface area contributed by atoms with Crippen molar-refractivity contribution in [1.82, 2.24) is 15.1 Å². The molecule has 2 aromatic rings. The van der Waals surface area contributed by atoms with E-state index in [4.69, 9.17) is 0 Å². The Morgan fingerprint density at radius 1 is 1.16 bits per heavy atom. The molecule has 0 atom stereocenters. The zero-order valence-electron chi connectivity index (χ0n) is 12.3. The van der Waals surface area contributed by atoms with Gasteiger partial charge in [0.15, 0.2) is 0 Å². The maximum Gasteiger partial charge on any atom is 0.0762 e. The Bertz CT molecular complexity index is 532. The van der Waals surface area contributed by atoms with E-state index in [0.717, 1.165) is 25.3 Å². The largest absolute Gasteiger partial charge is 0.311 e. The van der Waals surface area contributed by atoms with Gasteiger partial charge < -0.3 is 5.32 Å². The fraction of sp³-hybridized carbons (Fsp3) is 0.438. The number of aromatic nitrogens is 2. The molecule has 0 aliphatic rings. The Kier molecular flexibility index (Phi) is 4.38. The number of rotatable bonds is 5. The van der Waals surface area contributed by atoms with Crippen molar-refractivity contribution in [2.24, 2.45) is 0 Å². The van der Waals surface area contributed by atoms with Crippen LogP contribution in [0.25, 0.3) is 0 Å². The highest BCUT2D eigenvalue weighted by molar-refractivity contribution is 5.37. The van der Waals surface area contributed by atoms with Crippen LogP contribution >= 0.6 is 0 Å². The lowest BCUT2D eigenvalue weighted by Crippen LogP contribution is -2.13. The minimum atomic E-state index is 0.843. The molecule has 1 aromatic heterocycles. The summed E-state index contributed by atoms with van der Waals surface area (Å²) in [5.41, 5.74) is 6.50. The summed E-state index contributed by atoms with van der Waals surface area (Å²) < 4.78 is 2.03. The first-order valence-electron chi connectivity index (χ1n) is 6.90. The minimum absolute atomic E-state index is 0.843. The van der Waals surface area contributed by atoms with Crippen LogP contribution in [0.4, 0.5) is 0 Å². The monoisotopic (exact) mass is 257 g/mol. The Morgan fingerprint density at radius 2 is 1.84 bits per heavy atom. The summed E-state index contributed by atoms with van der Waals surface area (Å²) >= 11 is 0. The highest BCUT2D eigenvalue weighted by Crippen LogP contribution is 2.17. The standard InChI is InChI=1S/C16H23N3/c1-5-17-10-15-6-7-19(18-15)11-16-13(3)8-12(2)9-14(16)4/h6-9,17H,5,10-11H2,1-4H3. The van der Waals surface area contributed by atoms with E-state index in [2.05, 4.69) is 62.5 Å². The third-order valence-electron chi connectivity index (χ3n) is 3.41. The van der Waals surface area contributed by atoms with Crippen LogP contribution in [0.2, 0.25) is 0 Å². The van der Waals surface area contributed by atoms with Crippen LogP contribution in [-0.2, 0) is 13.1 Å². The second-order valence-corrected chi connectivity index (χ2v) is 5.16. The molecule has 0 aliphatic carbocycles. The van der Waals surface area contributed by atoms with E-state index in [0.29, 0.717) is 0 Å². The number of nitrogens with one attached hydrogen (secondary N) is 1. The summed E-state index contributed by atoms with van der Waals surface area (Å²) in [5.74, 6) is 0. The van der Waals surface area contributed by atoms with E-state index in [9.17, 15) is 0 Å². The third-order valence-corrected chi connectivity index (χ3v) is 3.41. The van der Waals surface area contributed by atoms with Gasteiger partial charge in [0.2, 0.25) is 0 Å². The van der Waals surface area contributed by atoms with Gasteiger partial charge >= 0.3 is 0 Å². The van der Waals surface area contributed by atoms with Crippen molar-refractivity contribution in [2.45, 2.75) is 40.8 Å². The van der Waals surface area contributed by atoms with Gasteiger partial charge in [0, 0.05) is 12.7 Å². The predicted octanol–water partition coefficient (Wildman–Crippen LogP) is 2.97. The molecule has 1 N–H and O–H groups in total. The van der Waals surface area contributed by atoms with Crippen LogP contribution in [0.3, 0.4) is 0 Å². The molecule has 1 aromatic carbocycles. The average molecular weight is 257 g/mol. The molecule has 3 nitrogen and oxygen atoms in total. The van der Waals surface area contributed by atoms with E-state index in [1.165, 1.54) is 22.3 Å². The van der Waals surface area contributed by atoms with Gasteiger partial charge in [-0.1, -0.05) is 24.6 Å². The SMILES string of the molecule is CCNCc1ccn(Cc2c(C)cc(C)cc2C)n1. The minimum Gasteiger partial charge on any atom is -0.311 e. The van der Waals surface area contributed by atoms with Gasteiger partial charge in [-0.2, -0.15) is 5.10 Å². The van der Waals surface area contributed by atoms with Gasteiger partial charge in [-0.05, 0) is 50.1 Å². The van der Waals surface area contributed by atoms with E-state index in [1.54, 1.807) is 0 Å². The Morgan fingerprint density at radius 3 is 2.47 bits per heavy atom. The molecule has 0 unspecified atom stereocenters. The summed E-state index contributed by atoms with van der Waals surface area (Å²) in [4.78, 5) is 0. The molecule has 0 spiro atoms. The predicted molar refractivity (Wildman–Crippen MR) is 79.4 cm³/mol. The maximum atomic E-state index is 4.60. The molecular weight excluding hydrogens is 234 g/mol. The number of hydrogen-bond acceptors (Lipinski definition) is 2. The summed E-state index contributed by atoms with van der Waals surface area (Å²) in [6, 6.07) is 6.57. The van der Waals surface area contributed by atoms with Crippen molar-refractivity contribution < 1.29 is 0 Å². The van der Waals surface area contributed by atoms with E-state index < -0.39 is 0 Å². The second kappa shape index (κ2) is 6.02. The quantitative estimate of drug-likeness (QED) is 0.892. The van der Waals surface area contributed by atoms with Crippen LogP contribution < -0.4 is 5.32 Å². The molecule has 1 heterocycles. The Balaban J connectivity index is 2.15. The van der Waals surface area contributed by atoms with Gasteiger partial charge in [-0.3, -0.25) is 4.68 Å². The number of hydrogen-bond donors (Lipinski definition) is 1. The second-order valence-electron chi connectivity index (χ2n) is 5.16. The van der Waals surface area contributed by atoms with E-state index >= 15 is 0 Å². The topological polar surface area (TPSA) is 29.9 Å². The van der Waals surface area contributed by atoms with Crippen LogP contribution in [0, 0.1) is 20.8 Å². The third kappa shape index (κ3) is 3.44. The van der Waals surface area contributed by atoms with E-state index in [1.807, 2.05) is 4.68 Å². The summed E-state index contributed by atoms with van der Waals surface area (Å²) in [6.45, 7) is 11.3. The normalized spacial score (nSPS) is 10.9. The zero-order chi connectivity index (χ0) is 13.8. The smallest absolute Gasteiger partial charge is 0.0762 e. The van der Waals surface area contributed by atoms with Crippen molar-refractivity contribution in [3.63, 3.8) is 0 Å². The van der Waals surface area contributed by atoms with Gasteiger partial charge in [0.05, 0.1) is 12.2 Å². The van der Waals surface area contributed by atoms with E-state index in [-0.39, 0.29) is 0 Å². The molecule has 0 saturated carbocycles. The highest BCUT2D eigenvalue weighted by atomic mass is 15.3. The average Bonchev–Trinajstić information content (AvgIpc) is 2.79. The van der Waals surface area contributed by atoms with Gasteiger partial charge in [0.1, 0.15) is 0 Å². The van der Waals surface area contributed by atoms with Crippen molar-refractivity contribution >= 4 is 0 Å². The first kappa shape index (κ1) is 13.8. The number of benzene rings is 1. The summed E-state index contributed by atoms with van der Waals surface area (Å²) in [6.07, 6.45) is 2.06. The molecule has 0 saturated heterocycles. The lowest BCUT2D eigenvalue weighted by atomic mass is 10.00. The molecule has 19 heavy (non-hydrogen) atoms. The van der Waals surface area contributed by atoms with Crippen molar-refractivity contribution in [1.29, 1.82) is 0 Å². The molecule has 0 fully saturated rings. The number of nitrogens with zero attached hydrogens (tertiary/aromatic N) is 2. The van der Waals surface area contributed by atoms with Crippen LogP contribution in [0.15, 0.2) is 24.4 Å². The first-order valence-corrected chi connectivity index (χ1v) is 6.90. The summed E-state index contributed by atoms with van der Waals surface area (Å²) in [7, 11) is 0. The molecule has 0 aliphatic heterocycles. The lowest BCUT2D eigenvalue weighted by molar-refractivity contribution is 0.641. The lowest BCUT2D eigenvalue weighted by Gasteiger charge is -2.11. The van der Waals surface area contributed by atoms with Crippen molar-refractivity contribution in [3.05, 3.63) is 52.3 Å². The fourth-order valence-corrected chi connectivity index (χ4v) is 2.46. The van der Waals surface area contributed by atoms with Crippen molar-refractivity contribution in [3.8, 4) is 0 Å². The fourth-order valence-electron chi connectivity index (χ4n) is 2.46. The highest BCUT2D eigenvalue weighted by Gasteiger charge is 2.06. The molecule has 102 valence electrons. The van der Waals surface area contributed by atoms with Gasteiger partial charge in [-0.25, -0.2) is 0 Å². The van der Waals surface area contributed by atoms with Crippen LogP contribution in [0.1, 0.15) is 34.9 Å². The maximum absolute atomic E-state index is 4.60. The van der Waals surface area contributed by atoms with Crippen molar-refractivity contribution in [2.75, 3.05) is 6.54 Å². The molecule has 0 radical (unpaired) electrons. The number of aryl methyl sites for hydroxylation is 3. The Labute approximate surface area is 115 Å². The van der Waals surface area contributed by atoms with Crippen LogP contribution in [0.5, 0.6) is 0 Å². The van der Waals surface area contributed by atoms with Crippen LogP contribution in [-0.4, -0.2) is 16.3 Å². The van der Waals surface area contributed by atoms with Gasteiger partial charge in [0.25, 0.3) is 0 Å². The molecule has 0 bridgehead atoms. The first-order chi connectivity index (χ1) is 9.10.